The SMILES string of the molecule is O=C(NO)[C@H](CNS(=O)(=O)Cc1ccc(OCc2ccc(F)cc2)cc1)N1CCCCC1. The van der Waals surface area contributed by atoms with Gasteiger partial charge in [0.1, 0.15) is 24.2 Å². The Morgan fingerprint density at radius 3 is 2.28 bits per heavy atom. The van der Waals surface area contributed by atoms with Gasteiger partial charge in [-0.15, -0.1) is 0 Å². The lowest BCUT2D eigenvalue weighted by atomic mass is 10.1. The largest absolute Gasteiger partial charge is 0.489 e. The number of sulfonamides is 1. The fourth-order valence-electron chi connectivity index (χ4n) is 3.60. The van der Waals surface area contributed by atoms with Crippen molar-refractivity contribution in [1.29, 1.82) is 0 Å². The van der Waals surface area contributed by atoms with E-state index < -0.39 is 22.0 Å². The molecule has 0 spiro atoms. The van der Waals surface area contributed by atoms with Gasteiger partial charge in [0.15, 0.2) is 0 Å². The van der Waals surface area contributed by atoms with Gasteiger partial charge in [-0.05, 0) is 61.3 Å². The zero-order valence-electron chi connectivity index (χ0n) is 17.7. The minimum Gasteiger partial charge on any atom is -0.489 e. The van der Waals surface area contributed by atoms with Crippen LogP contribution in [0.15, 0.2) is 48.5 Å². The summed E-state index contributed by atoms with van der Waals surface area (Å²) in [6.07, 6.45) is 2.92. The number of ether oxygens (including phenoxy) is 1. The van der Waals surface area contributed by atoms with Crippen LogP contribution in [0.5, 0.6) is 5.75 Å². The Hall–Kier alpha value is -2.53. The summed E-state index contributed by atoms with van der Waals surface area (Å²) in [7, 11) is -3.70. The van der Waals surface area contributed by atoms with E-state index in [1.165, 1.54) is 12.1 Å². The van der Waals surface area contributed by atoms with E-state index in [1.807, 2.05) is 4.90 Å². The first-order valence-electron chi connectivity index (χ1n) is 10.5. The average Bonchev–Trinajstić information content (AvgIpc) is 2.80. The van der Waals surface area contributed by atoms with Gasteiger partial charge in [-0.25, -0.2) is 23.0 Å². The molecule has 8 nitrogen and oxygen atoms in total. The summed E-state index contributed by atoms with van der Waals surface area (Å²) < 4.78 is 46.1. The Kier molecular flexibility index (Phi) is 8.57. The number of hydroxylamine groups is 1. The molecule has 1 atom stereocenters. The molecule has 174 valence electrons. The highest BCUT2D eigenvalue weighted by Crippen LogP contribution is 2.17. The molecule has 0 saturated carbocycles. The molecule has 3 N–H and O–H groups in total. The van der Waals surface area contributed by atoms with Crippen molar-refractivity contribution in [3.63, 3.8) is 0 Å². The normalized spacial score (nSPS) is 15.8. The highest BCUT2D eigenvalue weighted by Gasteiger charge is 2.28. The fraction of sp³-hybridized carbons (Fsp3) is 0.409. The first kappa shape index (κ1) is 24.1. The number of likely N-dealkylation sites (tertiary alicyclic amines) is 1. The summed E-state index contributed by atoms with van der Waals surface area (Å²) >= 11 is 0. The second-order valence-corrected chi connectivity index (χ2v) is 9.56. The minimum atomic E-state index is -3.70. The summed E-state index contributed by atoms with van der Waals surface area (Å²) in [4.78, 5) is 13.9. The van der Waals surface area contributed by atoms with E-state index in [2.05, 4.69) is 4.72 Å². The molecule has 2 aromatic carbocycles. The zero-order chi connectivity index (χ0) is 23.0. The summed E-state index contributed by atoms with van der Waals surface area (Å²) in [5.41, 5.74) is 3.01. The number of nitrogens with zero attached hydrogens (tertiary/aromatic N) is 1. The molecular formula is C22H28FN3O5S. The maximum absolute atomic E-state index is 13.0. The third-order valence-corrected chi connectivity index (χ3v) is 6.66. The number of amides is 1. The van der Waals surface area contributed by atoms with E-state index in [9.17, 15) is 17.6 Å². The smallest absolute Gasteiger partial charge is 0.262 e. The lowest BCUT2D eigenvalue weighted by Gasteiger charge is -2.33. The molecule has 10 heteroatoms. The maximum atomic E-state index is 13.0. The van der Waals surface area contributed by atoms with Crippen molar-refractivity contribution < 1.29 is 27.5 Å². The van der Waals surface area contributed by atoms with Gasteiger partial charge in [-0.2, -0.15) is 0 Å². The molecule has 0 unspecified atom stereocenters. The van der Waals surface area contributed by atoms with Crippen LogP contribution in [0.3, 0.4) is 0 Å². The minimum absolute atomic E-state index is 0.117. The van der Waals surface area contributed by atoms with E-state index in [1.54, 1.807) is 41.9 Å². The van der Waals surface area contributed by atoms with Crippen LogP contribution in [0.2, 0.25) is 0 Å². The van der Waals surface area contributed by atoms with Crippen LogP contribution >= 0.6 is 0 Å². The highest BCUT2D eigenvalue weighted by molar-refractivity contribution is 7.88. The number of nitrogens with one attached hydrogen (secondary N) is 2. The van der Waals surface area contributed by atoms with Crippen LogP contribution in [-0.2, 0) is 27.2 Å². The van der Waals surface area contributed by atoms with Crippen LogP contribution in [0.1, 0.15) is 30.4 Å². The fourth-order valence-corrected chi connectivity index (χ4v) is 4.74. The second kappa shape index (κ2) is 11.4. The van der Waals surface area contributed by atoms with Crippen molar-refractivity contribution in [1.82, 2.24) is 15.1 Å². The molecular weight excluding hydrogens is 437 g/mol. The van der Waals surface area contributed by atoms with E-state index in [0.29, 0.717) is 24.4 Å². The van der Waals surface area contributed by atoms with Crippen molar-refractivity contribution >= 4 is 15.9 Å². The van der Waals surface area contributed by atoms with Gasteiger partial charge >= 0.3 is 0 Å². The maximum Gasteiger partial charge on any atom is 0.262 e. The van der Waals surface area contributed by atoms with Crippen molar-refractivity contribution in [3.8, 4) is 5.75 Å². The lowest BCUT2D eigenvalue weighted by Crippen LogP contribution is -2.53. The molecule has 0 bridgehead atoms. The molecule has 3 rings (SSSR count). The van der Waals surface area contributed by atoms with Gasteiger partial charge < -0.3 is 4.74 Å². The third-order valence-electron chi connectivity index (χ3n) is 5.34. The molecule has 1 fully saturated rings. The van der Waals surface area contributed by atoms with Crippen LogP contribution < -0.4 is 14.9 Å². The molecule has 1 aliphatic heterocycles. The standard InChI is InChI=1S/C22H28FN3O5S/c23-19-8-4-17(5-9-19)15-31-20-10-6-18(7-11-20)16-32(29,30)24-14-21(22(27)25-28)26-12-2-1-3-13-26/h4-11,21,24,28H,1-3,12-16H2,(H,25,27)/t21-/m0/s1. The number of carbonyl (C=O) groups excluding carboxylic acids is 1. The van der Waals surface area contributed by atoms with Crippen LogP contribution in [-0.4, -0.2) is 50.1 Å². The van der Waals surface area contributed by atoms with Crippen LogP contribution in [0.4, 0.5) is 4.39 Å². The first-order valence-corrected chi connectivity index (χ1v) is 12.1. The molecule has 1 aliphatic rings. The summed E-state index contributed by atoms with van der Waals surface area (Å²) in [5.74, 6) is -0.628. The van der Waals surface area contributed by atoms with Gasteiger partial charge in [0.05, 0.1) is 5.75 Å². The molecule has 1 saturated heterocycles. The number of benzene rings is 2. The predicted octanol–water partition coefficient (Wildman–Crippen LogP) is 2.18. The van der Waals surface area contributed by atoms with Crippen LogP contribution in [0, 0.1) is 5.82 Å². The Morgan fingerprint density at radius 2 is 1.66 bits per heavy atom. The second-order valence-electron chi connectivity index (χ2n) is 7.76. The average molecular weight is 466 g/mol. The van der Waals surface area contributed by atoms with Gasteiger partial charge in [0.2, 0.25) is 10.0 Å². The number of hydrogen-bond acceptors (Lipinski definition) is 6. The van der Waals surface area contributed by atoms with Crippen molar-refractivity contribution in [2.45, 2.75) is 37.7 Å². The Bertz CT molecular complexity index is 978. The van der Waals surface area contributed by atoms with Gasteiger partial charge in [-0.1, -0.05) is 30.7 Å². The quantitative estimate of drug-likeness (QED) is 0.367. The number of hydrogen-bond donors (Lipinski definition) is 3. The summed E-state index contributed by atoms with van der Waals surface area (Å²) in [6, 6.07) is 11.9. The topological polar surface area (TPSA) is 108 Å². The molecule has 1 amide bonds. The molecule has 1 heterocycles. The summed E-state index contributed by atoms with van der Waals surface area (Å²) in [6.45, 7) is 1.51. The summed E-state index contributed by atoms with van der Waals surface area (Å²) in [5, 5.41) is 9.02. The van der Waals surface area contributed by atoms with Gasteiger partial charge in [0.25, 0.3) is 5.91 Å². The Balaban J connectivity index is 1.53. The van der Waals surface area contributed by atoms with E-state index >= 15 is 0 Å². The molecule has 0 aromatic heterocycles. The van der Waals surface area contributed by atoms with E-state index in [-0.39, 0.29) is 24.7 Å². The number of rotatable bonds is 10. The van der Waals surface area contributed by atoms with Gasteiger partial charge in [0, 0.05) is 6.54 Å². The molecule has 0 radical (unpaired) electrons. The van der Waals surface area contributed by atoms with Gasteiger partial charge in [-0.3, -0.25) is 14.9 Å². The third kappa shape index (κ3) is 7.27. The van der Waals surface area contributed by atoms with Crippen molar-refractivity contribution in [2.75, 3.05) is 19.6 Å². The number of carbonyl (C=O) groups is 1. The highest BCUT2D eigenvalue weighted by atomic mass is 32.2. The molecule has 0 aliphatic carbocycles. The van der Waals surface area contributed by atoms with Crippen LogP contribution in [0.25, 0.3) is 0 Å². The zero-order valence-corrected chi connectivity index (χ0v) is 18.5. The lowest BCUT2D eigenvalue weighted by molar-refractivity contribution is -0.135. The first-order chi connectivity index (χ1) is 15.4. The Labute approximate surface area is 187 Å². The molecule has 2 aromatic rings. The van der Waals surface area contributed by atoms with E-state index in [4.69, 9.17) is 9.94 Å². The monoisotopic (exact) mass is 465 g/mol. The molecule has 32 heavy (non-hydrogen) atoms. The number of piperidine rings is 1. The van der Waals surface area contributed by atoms with E-state index in [0.717, 1.165) is 24.8 Å². The van der Waals surface area contributed by atoms with Crippen molar-refractivity contribution in [2.24, 2.45) is 0 Å². The number of halogens is 1. The Morgan fingerprint density at radius 1 is 1.03 bits per heavy atom. The van der Waals surface area contributed by atoms with Crippen molar-refractivity contribution in [3.05, 3.63) is 65.5 Å². The predicted molar refractivity (Wildman–Crippen MR) is 117 cm³/mol.